The number of hydrogen-bond donors (Lipinski definition) is 7. The predicted molar refractivity (Wildman–Crippen MR) is 252 cm³/mol. The van der Waals surface area contributed by atoms with Crippen LogP contribution in [0.4, 0.5) is 0 Å². The van der Waals surface area contributed by atoms with Gasteiger partial charge in [0.2, 0.25) is 0 Å². The number of aliphatic hydroxyl groups excluding tert-OH is 7. The third-order valence-electron chi connectivity index (χ3n) is 12.1. The van der Waals surface area contributed by atoms with Crippen molar-refractivity contribution in [2.75, 3.05) is 26.4 Å². The second kappa shape index (κ2) is 38.6. The molecule has 0 aromatic heterocycles. The zero-order valence-electron chi connectivity index (χ0n) is 40.4. The first-order chi connectivity index (χ1) is 32.0. The smallest absolute Gasteiger partial charge is 0.306 e. The highest BCUT2D eigenvalue weighted by atomic mass is 16.7. The monoisotopic (exact) mass is 943 g/mol. The van der Waals surface area contributed by atoms with Crippen molar-refractivity contribution in [3.05, 3.63) is 36.5 Å². The van der Waals surface area contributed by atoms with Crippen molar-refractivity contribution in [2.45, 2.75) is 248 Å². The minimum absolute atomic E-state index is 0.147. The van der Waals surface area contributed by atoms with Crippen LogP contribution in [0.3, 0.4) is 0 Å². The molecule has 2 fully saturated rings. The summed E-state index contributed by atoms with van der Waals surface area (Å²) in [5, 5.41) is 72.0. The number of ether oxygens (including phenoxy) is 6. The van der Waals surface area contributed by atoms with Gasteiger partial charge in [-0.15, -0.1) is 0 Å². The van der Waals surface area contributed by atoms with Crippen molar-refractivity contribution in [3.63, 3.8) is 0 Å². The molecule has 0 aromatic rings. The van der Waals surface area contributed by atoms with Crippen LogP contribution in [0, 0.1) is 0 Å². The van der Waals surface area contributed by atoms with E-state index in [0.29, 0.717) is 12.8 Å². The van der Waals surface area contributed by atoms with E-state index in [1.165, 1.54) is 70.6 Å². The van der Waals surface area contributed by atoms with Crippen LogP contribution in [0.1, 0.15) is 181 Å². The molecule has 0 amide bonds. The zero-order chi connectivity index (χ0) is 48.2. The number of esters is 2. The van der Waals surface area contributed by atoms with Gasteiger partial charge in [-0.1, -0.05) is 140 Å². The molecule has 0 bridgehead atoms. The first kappa shape index (κ1) is 59.8. The number of rotatable bonds is 39. The second-order valence-electron chi connectivity index (χ2n) is 18.0. The maximum absolute atomic E-state index is 13.0. The molecule has 66 heavy (non-hydrogen) atoms. The van der Waals surface area contributed by atoms with Crippen molar-refractivity contribution in [1.29, 1.82) is 0 Å². The van der Waals surface area contributed by atoms with Crippen molar-refractivity contribution in [1.82, 2.24) is 0 Å². The molecule has 7 N–H and O–H groups in total. The lowest BCUT2D eigenvalue weighted by Crippen LogP contribution is -2.61. The van der Waals surface area contributed by atoms with Gasteiger partial charge in [0, 0.05) is 12.8 Å². The molecule has 2 saturated heterocycles. The molecule has 0 aliphatic carbocycles. The van der Waals surface area contributed by atoms with Crippen LogP contribution in [0.5, 0.6) is 0 Å². The molecule has 2 rings (SSSR count). The molecule has 384 valence electrons. The van der Waals surface area contributed by atoms with E-state index in [9.17, 15) is 45.3 Å². The molecule has 0 saturated carbocycles. The van der Waals surface area contributed by atoms with E-state index < -0.39 is 92.7 Å². The maximum Gasteiger partial charge on any atom is 0.306 e. The van der Waals surface area contributed by atoms with Crippen LogP contribution < -0.4 is 0 Å². The Morgan fingerprint density at radius 1 is 0.485 bits per heavy atom. The van der Waals surface area contributed by atoms with E-state index in [1.807, 2.05) is 0 Å². The standard InChI is InChI=1S/C51H90O15/c1-3-5-7-9-11-13-15-17-19-21-23-25-27-29-31-33-42(53)61-36-39(64-43(54)34-32-30-28-26-24-22-20-18-16-14-12-10-8-6-4-2)37-62-50-49(60)47(58)45(56)41(66-50)38-63-51-48(59)46(57)44(55)40(35-52)65-51/h13-16,18,20,39-41,44-52,55-60H,3-12,17,19,21-38H2,1-2H3/b15-13+,16-14+,20-18+/t39-,40-,41-,44+,45+,46?,47?,48?,49?,50-,51-/m1/s1. The highest BCUT2D eigenvalue weighted by Crippen LogP contribution is 2.26. The van der Waals surface area contributed by atoms with Gasteiger partial charge in [0.05, 0.1) is 19.8 Å². The molecule has 0 aromatic carbocycles. The number of carbonyl (C=O) groups excluding carboxylic acids is 2. The Bertz CT molecular complexity index is 1290. The van der Waals surface area contributed by atoms with Gasteiger partial charge in [-0.05, 0) is 64.2 Å². The fraction of sp³-hybridized carbons (Fsp3) is 0.843. The lowest BCUT2D eigenvalue weighted by Gasteiger charge is -2.42. The summed E-state index contributed by atoms with van der Waals surface area (Å²) in [4.78, 5) is 25.7. The summed E-state index contributed by atoms with van der Waals surface area (Å²) < 4.78 is 33.5. The van der Waals surface area contributed by atoms with E-state index in [1.54, 1.807) is 0 Å². The first-order valence-electron chi connectivity index (χ1n) is 25.6. The van der Waals surface area contributed by atoms with Crippen LogP contribution in [0.25, 0.3) is 0 Å². The lowest BCUT2D eigenvalue weighted by molar-refractivity contribution is -0.332. The molecule has 15 nitrogen and oxygen atoms in total. The molecule has 2 aliphatic heterocycles. The molecule has 11 atom stereocenters. The van der Waals surface area contributed by atoms with Crippen molar-refractivity contribution in [3.8, 4) is 0 Å². The minimum Gasteiger partial charge on any atom is -0.462 e. The quantitative estimate of drug-likeness (QED) is 0.0143. The third kappa shape index (κ3) is 26.5. The van der Waals surface area contributed by atoms with Gasteiger partial charge in [-0.25, -0.2) is 0 Å². The highest BCUT2D eigenvalue weighted by molar-refractivity contribution is 5.70. The Balaban J connectivity index is 1.83. The summed E-state index contributed by atoms with van der Waals surface area (Å²) >= 11 is 0. The molecular weight excluding hydrogens is 853 g/mol. The van der Waals surface area contributed by atoms with E-state index in [-0.39, 0.29) is 26.1 Å². The topological polar surface area (TPSA) is 231 Å². The largest absolute Gasteiger partial charge is 0.462 e. The number of hydrogen-bond acceptors (Lipinski definition) is 15. The van der Waals surface area contributed by atoms with E-state index in [2.05, 4.69) is 50.3 Å². The maximum atomic E-state index is 13.0. The second-order valence-corrected chi connectivity index (χ2v) is 18.0. The first-order valence-corrected chi connectivity index (χ1v) is 25.6. The van der Waals surface area contributed by atoms with Crippen LogP contribution in [-0.2, 0) is 38.0 Å². The molecule has 0 spiro atoms. The van der Waals surface area contributed by atoms with Gasteiger partial charge < -0.3 is 64.2 Å². The summed E-state index contributed by atoms with van der Waals surface area (Å²) in [6.07, 6.45) is 23.1. The van der Waals surface area contributed by atoms with Crippen LogP contribution in [0.15, 0.2) is 36.5 Å². The normalized spacial score (nSPS) is 26.4. The highest BCUT2D eigenvalue weighted by Gasteiger charge is 2.47. The van der Waals surface area contributed by atoms with Crippen molar-refractivity contribution < 1.29 is 73.8 Å². The average Bonchev–Trinajstić information content (AvgIpc) is 3.31. The van der Waals surface area contributed by atoms with Gasteiger partial charge in [0.25, 0.3) is 0 Å². The molecule has 2 heterocycles. The van der Waals surface area contributed by atoms with E-state index in [0.717, 1.165) is 70.6 Å². The summed E-state index contributed by atoms with van der Waals surface area (Å²) in [6, 6.07) is 0. The number of unbranched alkanes of at least 4 members (excludes halogenated alkanes) is 20. The Labute approximate surface area is 395 Å². The SMILES string of the molecule is CCCCCC/C=C/C=C/CCCCCCCC(=O)O[C@H](COC(=O)CCCCCCCCC/C=C/CCCCCC)CO[C@@H]1O[C@H](CO[C@@H]2O[C@H](CO)[C@H](O)C(O)C2O)[C@H](O)C(O)C1O. The van der Waals surface area contributed by atoms with E-state index >= 15 is 0 Å². The Kier molecular flexibility index (Phi) is 35.0. The van der Waals surface area contributed by atoms with Crippen LogP contribution in [0.2, 0.25) is 0 Å². The van der Waals surface area contributed by atoms with Gasteiger partial charge in [0.1, 0.15) is 55.4 Å². The van der Waals surface area contributed by atoms with Crippen molar-refractivity contribution >= 4 is 11.9 Å². The van der Waals surface area contributed by atoms with Gasteiger partial charge in [-0.3, -0.25) is 9.59 Å². The molecular formula is C51H90O15. The van der Waals surface area contributed by atoms with E-state index in [4.69, 9.17) is 28.4 Å². The predicted octanol–water partition coefficient (Wildman–Crippen LogP) is 6.93. The number of carbonyl (C=O) groups is 2. The van der Waals surface area contributed by atoms with Crippen LogP contribution in [-0.4, -0.2) is 142 Å². The fourth-order valence-electron chi connectivity index (χ4n) is 7.85. The molecule has 4 unspecified atom stereocenters. The van der Waals surface area contributed by atoms with Crippen LogP contribution >= 0.6 is 0 Å². The minimum atomic E-state index is -1.77. The Morgan fingerprint density at radius 3 is 1.42 bits per heavy atom. The van der Waals surface area contributed by atoms with Gasteiger partial charge >= 0.3 is 11.9 Å². The fourth-order valence-corrected chi connectivity index (χ4v) is 7.85. The summed E-state index contributed by atoms with van der Waals surface area (Å²) in [5.74, 6) is -0.947. The molecule has 15 heteroatoms. The average molecular weight is 943 g/mol. The summed E-state index contributed by atoms with van der Waals surface area (Å²) in [7, 11) is 0. The molecule has 2 aliphatic rings. The third-order valence-corrected chi connectivity index (χ3v) is 12.1. The Hall–Kier alpha value is -2.28. The molecule has 0 radical (unpaired) electrons. The van der Waals surface area contributed by atoms with Gasteiger partial charge in [0.15, 0.2) is 18.7 Å². The number of aliphatic hydroxyl groups is 7. The summed E-state index contributed by atoms with van der Waals surface area (Å²) in [6.45, 7) is 2.53. The summed E-state index contributed by atoms with van der Waals surface area (Å²) in [5.41, 5.74) is 0. The lowest BCUT2D eigenvalue weighted by atomic mass is 9.98. The number of allylic oxidation sites excluding steroid dienone is 6. The van der Waals surface area contributed by atoms with Crippen molar-refractivity contribution in [2.24, 2.45) is 0 Å². The Morgan fingerprint density at radius 2 is 0.909 bits per heavy atom. The zero-order valence-corrected chi connectivity index (χ0v) is 40.4. The van der Waals surface area contributed by atoms with Gasteiger partial charge in [-0.2, -0.15) is 0 Å².